The van der Waals surface area contributed by atoms with Gasteiger partial charge in [-0.05, 0) is 36.6 Å². The van der Waals surface area contributed by atoms with Gasteiger partial charge in [-0.3, -0.25) is 0 Å². The summed E-state index contributed by atoms with van der Waals surface area (Å²) in [5, 5.41) is 0. The van der Waals surface area contributed by atoms with Gasteiger partial charge in [-0.25, -0.2) is 0 Å². The highest BCUT2D eigenvalue weighted by Gasteiger charge is 2.22. The summed E-state index contributed by atoms with van der Waals surface area (Å²) >= 11 is 0. The molecule has 2 atom stereocenters. The van der Waals surface area contributed by atoms with E-state index < -0.39 is 0 Å². The molecule has 1 aromatic carbocycles. The lowest BCUT2D eigenvalue weighted by Gasteiger charge is -2.23. The summed E-state index contributed by atoms with van der Waals surface area (Å²) < 4.78 is 11.5. The standard InChI is InChI=1S/C16H21NO2/c1-11(2)13-7-4-5-8-14(13)19-16(12(3)17)15-9-6-10-18-15/h4-12,16H,17H2,1-3H3. The van der Waals surface area contributed by atoms with Crippen molar-refractivity contribution in [2.75, 3.05) is 0 Å². The molecule has 0 spiro atoms. The van der Waals surface area contributed by atoms with E-state index >= 15 is 0 Å². The Balaban J connectivity index is 2.28. The van der Waals surface area contributed by atoms with Crippen LogP contribution >= 0.6 is 0 Å². The second-order valence-electron chi connectivity index (χ2n) is 5.11. The average molecular weight is 259 g/mol. The SMILES string of the molecule is CC(C)c1ccccc1OC(c1ccco1)C(C)N. The van der Waals surface area contributed by atoms with Crippen LogP contribution in [0, 0.1) is 0 Å². The lowest BCUT2D eigenvalue weighted by molar-refractivity contribution is 0.151. The molecule has 0 amide bonds. The van der Waals surface area contributed by atoms with E-state index in [0.29, 0.717) is 5.92 Å². The lowest BCUT2D eigenvalue weighted by atomic mass is 10.0. The second kappa shape index (κ2) is 5.93. The van der Waals surface area contributed by atoms with Gasteiger partial charge < -0.3 is 14.9 Å². The second-order valence-corrected chi connectivity index (χ2v) is 5.11. The minimum Gasteiger partial charge on any atom is -0.481 e. The van der Waals surface area contributed by atoms with Crippen molar-refractivity contribution < 1.29 is 9.15 Å². The molecule has 2 N–H and O–H groups in total. The molecular weight excluding hydrogens is 238 g/mol. The zero-order chi connectivity index (χ0) is 13.8. The molecule has 3 heteroatoms. The number of rotatable bonds is 5. The van der Waals surface area contributed by atoms with Crippen molar-refractivity contribution in [3.63, 3.8) is 0 Å². The van der Waals surface area contributed by atoms with Gasteiger partial charge in [-0.15, -0.1) is 0 Å². The smallest absolute Gasteiger partial charge is 0.171 e. The summed E-state index contributed by atoms with van der Waals surface area (Å²) in [4.78, 5) is 0. The van der Waals surface area contributed by atoms with Crippen molar-refractivity contribution in [2.24, 2.45) is 5.73 Å². The van der Waals surface area contributed by atoms with Gasteiger partial charge in [0.05, 0.1) is 6.26 Å². The van der Waals surface area contributed by atoms with Crippen molar-refractivity contribution in [2.45, 2.75) is 38.8 Å². The Bertz CT molecular complexity index is 503. The summed E-state index contributed by atoms with van der Waals surface area (Å²) in [6, 6.07) is 11.7. The Morgan fingerprint density at radius 2 is 1.79 bits per heavy atom. The van der Waals surface area contributed by atoms with Gasteiger partial charge >= 0.3 is 0 Å². The first-order valence-corrected chi connectivity index (χ1v) is 6.64. The van der Waals surface area contributed by atoms with Crippen LogP contribution in [-0.2, 0) is 0 Å². The topological polar surface area (TPSA) is 48.4 Å². The summed E-state index contributed by atoms with van der Waals surface area (Å²) in [5.41, 5.74) is 7.20. The normalized spacial score (nSPS) is 14.4. The van der Waals surface area contributed by atoms with E-state index in [4.69, 9.17) is 14.9 Å². The molecule has 0 aliphatic carbocycles. The molecule has 19 heavy (non-hydrogen) atoms. The van der Waals surface area contributed by atoms with Crippen LogP contribution in [0.15, 0.2) is 47.1 Å². The molecule has 0 aliphatic rings. The van der Waals surface area contributed by atoms with Gasteiger partial charge in [0.2, 0.25) is 0 Å². The first-order valence-electron chi connectivity index (χ1n) is 6.64. The van der Waals surface area contributed by atoms with Gasteiger partial charge in [0.15, 0.2) is 6.10 Å². The van der Waals surface area contributed by atoms with Gasteiger partial charge in [-0.1, -0.05) is 32.0 Å². The third-order valence-electron chi connectivity index (χ3n) is 3.10. The Morgan fingerprint density at radius 3 is 2.37 bits per heavy atom. The highest BCUT2D eigenvalue weighted by molar-refractivity contribution is 5.36. The highest BCUT2D eigenvalue weighted by atomic mass is 16.5. The molecule has 1 aromatic heterocycles. The van der Waals surface area contributed by atoms with Crippen LogP contribution in [0.1, 0.15) is 44.1 Å². The van der Waals surface area contributed by atoms with Crippen molar-refractivity contribution in [3.8, 4) is 5.75 Å². The Hall–Kier alpha value is -1.74. The number of furan rings is 1. The molecule has 2 rings (SSSR count). The van der Waals surface area contributed by atoms with Gasteiger partial charge in [-0.2, -0.15) is 0 Å². The summed E-state index contributed by atoms with van der Waals surface area (Å²) in [5.74, 6) is 2.03. The monoisotopic (exact) mass is 259 g/mol. The summed E-state index contributed by atoms with van der Waals surface area (Å²) in [7, 11) is 0. The van der Waals surface area contributed by atoms with E-state index in [1.165, 1.54) is 5.56 Å². The minimum absolute atomic E-state index is 0.147. The van der Waals surface area contributed by atoms with Crippen molar-refractivity contribution in [1.29, 1.82) is 0 Å². The van der Waals surface area contributed by atoms with Crippen LogP contribution in [0.4, 0.5) is 0 Å². The molecule has 0 saturated carbocycles. The molecule has 0 fully saturated rings. The molecule has 2 unspecified atom stereocenters. The Labute approximate surface area is 114 Å². The van der Waals surface area contributed by atoms with Gasteiger partial charge in [0.25, 0.3) is 0 Å². The maximum atomic E-state index is 6.09. The number of benzene rings is 1. The van der Waals surface area contributed by atoms with Crippen molar-refractivity contribution >= 4 is 0 Å². The minimum atomic E-state index is -0.269. The maximum Gasteiger partial charge on any atom is 0.171 e. The molecule has 102 valence electrons. The lowest BCUT2D eigenvalue weighted by Crippen LogP contribution is -2.29. The number of hydrogen-bond acceptors (Lipinski definition) is 3. The zero-order valence-corrected chi connectivity index (χ0v) is 11.7. The highest BCUT2D eigenvalue weighted by Crippen LogP contribution is 2.31. The molecule has 3 nitrogen and oxygen atoms in total. The van der Waals surface area contributed by atoms with E-state index in [9.17, 15) is 0 Å². The fourth-order valence-corrected chi connectivity index (χ4v) is 2.08. The average Bonchev–Trinajstić information content (AvgIpc) is 2.89. The van der Waals surface area contributed by atoms with Gasteiger partial charge in [0, 0.05) is 6.04 Å². The van der Waals surface area contributed by atoms with Crippen molar-refractivity contribution in [1.82, 2.24) is 0 Å². The van der Waals surface area contributed by atoms with Crippen LogP contribution in [0.25, 0.3) is 0 Å². The van der Waals surface area contributed by atoms with E-state index in [1.807, 2.05) is 37.3 Å². The van der Waals surface area contributed by atoms with Crippen LogP contribution in [-0.4, -0.2) is 6.04 Å². The number of para-hydroxylation sites is 1. The number of ether oxygens (including phenoxy) is 1. The Morgan fingerprint density at radius 1 is 1.05 bits per heavy atom. The fourth-order valence-electron chi connectivity index (χ4n) is 2.08. The maximum absolute atomic E-state index is 6.09. The van der Waals surface area contributed by atoms with E-state index in [2.05, 4.69) is 19.9 Å². The van der Waals surface area contributed by atoms with Crippen LogP contribution in [0.2, 0.25) is 0 Å². The molecule has 0 radical (unpaired) electrons. The van der Waals surface area contributed by atoms with E-state index in [-0.39, 0.29) is 12.1 Å². The van der Waals surface area contributed by atoms with Crippen molar-refractivity contribution in [3.05, 3.63) is 54.0 Å². The quantitative estimate of drug-likeness (QED) is 0.886. The predicted molar refractivity (Wildman–Crippen MR) is 76.3 cm³/mol. The van der Waals surface area contributed by atoms with E-state index in [0.717, 1.165) is 11.5 Å². The van der Waals surface area contributed by atoms with Gasteiger partial charge in [0.1, 0.15) is 11.5 Å². The predicted octanol–water partition coefficient (Wildman–Crippen LogP) is 3.87. The van der Waals surface area contributed by atoms with Crippen LogP contribution in [0.5, 0.6) is 5.75 Å². The zero-order valence-electron chi connectivity index (χ0n) is 11.7. The third kappa shape index (κ3) is 3.18. The van der Waals surface area contributed by atoms with Crippen LogP contribution in [0.3, 0.4) is 0 Å². The largest absolute Gasteiger partial charge is 0.481 e. The number of nitrogens with two attached hydrogens (primary N) is 1. The summed E-state index contributed by atoms with van der Waals surface area (Å²) in [6.07, 6.45) is 1.37. The first kappa shape index (κ1) is 13.7. The number of hydrogen-bond donors (Lipinski definition) is 1. The first-order chi connectivity index (χ1) is 9.09. The molecule has 0 aliphatic heterocycles. The third-order valence-corrected chi connectivity index (χ3v) is 3.10. The Kier molecular flexibility index (Phi) is 4.27. The molecular formula is C16H21NO2. The van der Waals surface area contributed by atoms with Crippen LogP contribution < -0.4 is 10.5 Å². The fraction of sp³-hybridized carbons (Fsp3) is 0.375. The summed E-state index contributed by atoms with van der Waals surface area (Å²) in [6.45, 7) is 6.22. The molecule has 2 aromatic rings. The molecule has 1 heterocycles. The molecule has 0 saturated heterocycles. The molecule has 0 bridgehead atoms. The van der Waals surface area contributed by atoms with E-state index in [1.54, 1.807) is 6.26 Å².